The van der Waals surface area contributed by atoms with Crippen molar-refractivity contribution in [2.45, 2.75) is 57.7 Å². The van der Waals surface area contributed by atoms with Crippen LogP contribution in [0.15, 0.2) is 12.1 Å². The van der Waals surface area contributed by atoms with E-state index in [1.54, 1.807) is 37.8 Å². The van der Waals surface area contributed by atoms with E-state index in [1.807, 2.05) is 25.3 Å². The smallest absolute Gasteiger partial charge is 0.242 e. The van der Waals surface area contributed by atoms with Crippen LogP contribution in [0.2, 0.25) is 0 Å². The molecule has 2 rings (SSSR count). The molecule has 2 amide bonds. The molecule has 3 atom stereocenters. The first-order chi connectivity index (χ1) is 14.4. The third kappa shape index (κ3) is 5.82. The van der Waals surface area contributed by atoms with Gasteiger partial charge in [0.2, 0.25) is 11.8 Å². The molecule has 3 N–H and O–H groups in total. The fourth-order valence-electron chi connectivity index (χ4n) is 3.87. The van der Waals surface area contributed by atoms with Gasteiger partial charge in [-0.25, -0.2) is 0 Å². The number of likely N-dealkylation sites (N-methyl/N-ethyl adjacent to an activating group) is 1. The molecule has 1 aliphatic carbocycles. The summed E-state index contributed by atoms with van der Waals surface area (Å²) in [4.78, 5) is 27.2. The van der Waals surface area contributed by atoms with Gasteiger partial charge in [-0.2, -0.15) is 11.8 Å². The molecule has 1 aliphatic rings. The summed E-state index contributed by atoms with van der Waals surface area (Å²) in [5, 5.41) is 3.13. The summed E-state index contributed by atoms with van der Waals surface area (Å²) >= 11 is 1.66. The summed E-state index contributed by atoms with van der Waals surface area (Å²) in [7, 11) is 3.25. The first-order valence-electron chi connectivity index (χ1n) is 10.4. The van der Waals surface area contributed by atoms with Crippen molar-refractivity contribution in [2.24, 2.45) is 5.73 Å². The van der Waals surface area contributed by atoms with E-state index in [2.05, 4.69) is 5.32 Å². The van der Waals surface area contributed by atoms with Crippen LogP contribution < -0.4 is 20.5 Å². The molecule has 0 saturated carbocycles. The first-order valence-corrected chi connectivity index (χ1v) is 11.8. The van der Waals surface area contributed by atoms with Crippen molar-refractivity contribution >= 4 is 23.6 Å². The third-order valence-corrected chi connectivity index (χ3v) is 6.35. The van der Waals surface area contributed by atoms with E-state index in [0.717, 1.165) is 36.3 Å². The van der Waals surface area contributed by atoms with Gasteiger partial charge in [-0.1, -0.05) is 0 Å². The molecule has 0 radical (unpaired) electrons. The number of nitrogens with two attached hydrogens (primary N) is 1. The fraction of sp³-hybridized carbons (Fsp3) is 0.636. The van der Waals surface area contributed by atoms with Gasteiger partial charge in [-0.15, -0.1) is 0 Å². The number of hydrogen-bond acceptors (Lipinski definition) is 6. The second-order valence-electron chi connectivity index (χ2n) is 7.61. The van der Waals surface area contributed by atoms with Crippen LogP contribution >= 0.6 is 11.8 Å². The summed E-state index contributed by atoms with van der Waals surface area (Å²) in [6.45, 7) is 4.09. The summed E-state index contributed by atoms with van der Waals surface area (Å²) in [6, 6.07) is 2.89. The number of fused-ring (bicyclic) bond motifs is 1. The van der Waals surface area contributed by atoms with Crippen molar-refractivity contribution in [1.82, 2.24) is 10.2 Å². The van der Waals surface area contributed by atoms with Crippen molar-refractivity contribution in [3.05, 3.63) is 23.3 Å². The monoisotopic (exact) mass is 437 g/mol. The fourth-order valence-corrected chi connectivity index (χ4v) is 4.36. The number of nitrogens with one attached hydrogen (secondary N) is 1. The molecule has 1 aromatic carbocycles. The van der Waals surface area contributed by atoms with Crippen LogP contribution in [0.25, 0.3) is 0 Å². The Hall–Kier alpha value is -1.93. The number of hydrogen-bond donors (Lipinski definition) is 2. The van der Waals surface area contributed by atoms with Gasteiger partial charge < -0.3 is 25.4 Å². The summed E-state index contributed by atoms with van der Waals surface area (Å²) in [6.07, 6.45) is 5.01. The predicted octanol–water partition coefficient (Wildman–Crippen LogP) is 1.99. The van der Waals surface area contributed by atoms with Gasteiger partial charge in [0.1, 0.15) is 6.04 Å². The Labute approximate surface area is 184 Å². The van der Waals surface area contributed by atoms with E-state index >= 15 is 0 Å². The molecule has 1 aromatic rings. The van der Waals surface area contributed by atoms with E-state index in [4.69, 9.17) is 15.2 Å². The lowest BCUT2D eigenvalue weighted by Gasteiger charge is -2.32. The van der Waals surface area contributed by atoms with E-state index in [1.165, 1.54) is 5.56 Å². The second kappa shape index (κ2) is 11.5. The highest BCUT2D eigenvalue weighted by Crippen LogP contribution is 2.34. The number of aryl methyl sites for hydroxylation is 1. The molecule has 0 saturated heterocycles. The Kier molecular flexibility index (Phi) is 9.30. The molecular formula is C22H35N3O4S. The van der Waals surface area contributed by atoms with Crippen molar-refractivity contribution in [3.63, 3.8) is 0 Å². The molecular weight excluding hydrogens is 402 g/mol. The minimum absolute atomic E-state index is 0.0181. The van der Waals surface area contributed by atoms with Crippen LogP contribution in [0.3, 0.4) is 0 Å². The SMILES string of the molecule is CCN(C(=O)[C@@H](N)CCSC)[C@@H](C)C(=O)NC1CCc2cc(OC)c(OC)cc2C1. The van der Waals surface area contributed by atoms with E-state index < -0.39 is 12.1 Å². The largest absolute Gasteiger partial charge is 0.493 e. The number of amides is 2. The molecule has 8 heteroatoms. The Balaban J connectivity index is 2.02. The molecule has 7 nitrogen and oxygen atoms in total. The van der Waals surface area contributed by atoms with Crippen LogP contribution in [0.5, 0.6) is 11.5 Å². The number of carbonyl (C=O) groups is 2. The van der Waals surface area contributed by atoms with Crippen molar-refractivity contribution in [1.29, 1.82) is 0 Å². The maximum atomic E-state index is 12.9. The summed E-state index contributed by atoms with van der Waals surface area (Å²) in [5.74, 6) is 1.93. The van der Waals surface area contributed by atoms with Crippen LogP contribution in [0.4, 0.5) is 0 Å². The highest BCUT2D eigenvalue weighted by atomic mass is 32.2. The van der Waals surface area contributed by atoms with Crippen LogP contribution in [-0.2, 0) is 22.4 Å². The zero-order chi connectivity index (χ0) is 22.3. The lowest BCUT2D eigenvalue weighted by Crippen LogP contribution is -2.54. The number of carbonyl (C=O) groups excluding carboxylic acids is 2. The van der Waals surface area contributed by atoms with Crippen LogP contribution in [-0.4, -0.2) is 67.6 Å². The number of methoxy groups -OCH3 is 2. The quantitative estimate of drug-likeness (QED) is 0.581. The molecule has 168 valence electrons. The maximum Gasteiger partial charge on any atom is 0.242 e. The number of thioether (sulfide) groups is 1. The van der Waals surface area contributed by atoms with Gasteiger partial charge in [-0.3, -0.25) is 9.59 Å². The van der Waals surface area contributed by atoms with Crippen molar-refractivity contribution < 1.29 is 19.1 Å². The number of nitrogens with zero attached hydrogens (tertiary/aromatic N) is 1. The van der Waals surface area contributed by atoms with Crippen molar-refractivity contribution in [2.75, 3.05) is 32.8 Å². The normalized spacial score (nSPS) is 17.5. The highest BCUT2D eigenvalue weighted by Gasteiger charge is 2.30. The third-order valence-electron chi connectivity index (χ3n) is 5.70. The molecule has 0 fully saturated rings. The molecule has 0 aliphatic heterocycles. The zero-order valence-corrected chi connectivity index (χ0v) is 19.5. The molecule has 0 heterocycles. The van der Waals surface area contributed by atoms with Crippen LogP contribution in [0, 0.1) is 0 Å². The lowest BCUT2D eigenvalue weighted by atomic mass is 9.87. The van der Waals surface area contributed by atoms with Crippen LogP contribution in [0.1, 0.15) is 37.8 Å². The van der Waals surface area contributed by atoms with Gasteiger partial charge >= 0.3 is 0 Å². The summed E-state index contributed by atoms with van der Waals surface area (Å²) in [5.41, 5.74) is 8.42. The zero-order valence-electron chi connectivity index (χ0n) is 18.7. The van der Waals surface area contributed by atoms with Gasteiger partial charge in [0.25, 0.3) is 0 Å². The van der Waals surface area contributed by atoms with Gasteiger partial charge in [0.15, 0.2) is 11.5 Å². The van der Waals surface area contributed by atoms with E-state index in [0.29, 0.717) is 18.7 Å². The standard InChI is InChI=1S/C22H35N3O4S/c1-6-25(22(27)18(23)9-10-30-5)14(2)21(26)24-17-8-7-15-12-19(28-3)20(29-4)13-16(15)11-17/h12-14,17-18H,6-11,23H2,1-5H3,(H,24,26)/t14-,17?,18-/m0/s1. The number of rotatable bonds is 10. The van der Waals surface area contributed by atoms with Crippen molar-refractivity contribution in [3.8, 4) is 11.5 Å². The maximum absolute atomic E-state index is 12.9. The highest BCUT2D eigenvalue weighted by molar-refractivity contribution is 7.98. The summed E-state index contributed by atoms with van der Waals surface area (Å²) < 4.78 is 10.8. The molecule has 30 heavy (non-hydrogen) atoms. The predicted molar refractivity (Wildman–Crippen MR) is 121 cm³/mol. The molecule has 0 aromatic heterocycles. The number of benzene rings is 1. The minimum atomic E-state index is -0.573. The topological polar surface area (TPSA) is 93.9 Å². The second-order valence-corrected chi connectivity index (χ2v) is 8.60. The molecule has 0 bridgehead atoms. The Morgan fingerprint density at radius 2 is 1.90 bits per heavy atom. The Bertz CT molecular complexity index is 743. The van der Waals surface area contributed by atoms with E-state index in [9.17, 15) is 9.59 Å². The average Bonchev–Trinajstić information content (AvgIpc) is 2.76. The van der Waals surface area contributed by atoms with Gasteiger partial charge in [0.05, 0.1) is 20.3 Å². The Morgan fingerprint density at radius 3 is 2.47 bits per heavy atom. The van der Waals surface area contributed by atoms with Gasteiger partial charge in [-0.05, 0) is 74.8 Å². The number of ether oxygens (including phenoxy) is 2. The minimum Gasteiger partial charge on any atom is -0.493 e. The molecule has 0 spiro atoms. The Morgan fingerprint density at radius 1 is 1.27 bits per heavy atom. The molecule has 1 unspecified atom stereocenters. The lowest BCUT2D eigenvalue weighted by molar-refractivity contribution is -0.141. The van der Waals surface area contributed by atoms with E-state index in [-0.39, 0.29) is 17.9 Å². The first kappa shape index (κ1) is 24.3. The van der Waals surface area contributed by atoms with Gasteiger partial charge in [0, 0.05) is 12.6 Å². The average molecular weight is 438 g/mol.